The van der Waals surface area contributed by atoms with E-state index >= 15 is 4.39 Å². The number of aromatic nitrogens is 2. The first-order valence-corrected chi connectivity index (χ1v) is 15.3. The summed E-state index contributed by atoms with van der Waals surface area (Å²) in [4.78, 5) is 69.4. The van der Waals surface area contributed by atoms with Crippen molar-refractivity contribution in [2.45, 2.75) is 24.5 Å². The topological polar surface area (TPSA) is 152 Å². The summed E-state index contributed by atoms with van der Waals surface area (Å²) in [6.07, 6.45) is -5.29. The molecule has 4 atom stereocenters. The Hall–Kier alpha value is -6.47. The molecule has 1 aliphatic rings. The van der Waals surface area contributed by atoms with Gasteiger partial charge in [0.1, 0.15) is 12.7 Å². The maximum absolute atomic E-state index is 15.5. The van der Waals surface area contributed by atoms with Gasteiger partial charge in [0.05, 0.1) is 22.9 Å². The third-order valence-corrected chi connectivity index (χ3v) is 7.63. The minimum Gasteiger partial charge on any atom is -0.459 e. The summed E-state index contributed by atoms with van der Waals surface area (Å²) in [5.74, 6) is -4.93. The van der Waals surface area contributed by atoms with Gasteiger partial charge in [0, 0.05) is 5.56 Å². The molecule has 4 aromatic carbocycles. The standard InChI is InChI=1S/C37H28FN3O9/c38-27-21-41(37(46)40-31(27)39-32(42)23-13-5-1-6-14-23)33-30(50-36(45)26-19-11-4-12-20-26)29(49-35(44)25-17-9-3-10-18-25)28(48-33)22-47-34(43)24-15-7-2-8-16-24/h1-21,28-30,33H,22H2,(H,39,40,42,46)/t28-,29+,30-,33-/m1/s1. The van der Waals surface area contributed by atoms with Crippen LogP contribution in [0.25, 0.3) is 0 Å². The molecule has 6 rings (SSSR count). The summed E-state index contributed by atoms with van der Waals surface area (Å²) in [5.41, 5.74) is -0.416. The highest BCUT2D eigenvalue weighted by atomic mass is 19.1. The van der Waals surface area contributed by atoms with Crippen LogP contribution in [0.4, 0.5) is 10.2 Å². The Bertz CT molecular complexity index is 2050. The van der Waals surface area contributed by atoms with Crippen LogP contribution >= 0.6 is 0 Å². The summed E-state index contributed by atoms with van der Waals surface area (Å²) < 4.78 is 39.5. The molecule has 2 heterocycles. The molecule has 1 aromatic heterocycles. The van der Waals surface area contributed by atoms with Gasteiger partial charge in [-0.3, -0.25) is 9.36 Å². The molecular formula is C37H28FN3O9. The molecule has 0 unspecified atom stereocenters. The maximum atomic E-state index is 15.5. The lowest BCUT2D eigenvalue weighted by atomic mass is 10.1. The van der Waals surface area contributed by atoms with Gasteiger partial charge in [-0.05, 0) is 48.5 Å². The zero-order valence-corrected chi connectivity index (χ0v) is 26.1. The Kier molecular flexibility index (Phi) is 10.1. The second-order valence-corrected chi connectivity index (χ2v) is 10.9. The van der Waals surface area contributed by atoms with E-state index in [0.29, 0.717) is 4.57 Å². The number of carbonyl (C=O) groups is 4. The summed E-state index contributed by atoms with van der Waals surface area (Å²) in [6.45, 7) is -0.522. The average molecular weight is 678 g/mol. The monoisotopic (exact) mass is 677 g/mol. The van der Waals surface area contributed by atoms with Crippen LogP contribution in [-0.4, -0.2) is 58.3 Å². The predicted octanol–water partition coefficient (Wildman–Crippen LogP) is 4.84. The fraction of sp³-hybridized carbons (Fsp3) is 0.135. The van der Waals surface area contributed by atoms with Crippen molar-refractivity contribution in [1.29, 1.82) is 0 Å². The van der Waals surface area contributed by atoms with Gasteiger partial charge < -0.3 is 24.3 Å². The van der Waals surface area contributed by atoms with Crippen molar-refractivity contribution < 1.29 is 42.5 Å². The third-order valence-electron chi connectivity index (χ3n) is 7.63. The van der Waals surface area contributed by atoms with Crippen molar-refractivity contribution in [1.82, 2.24) is 9.55 Å². The zero-order valence-electron chi connectivity index (χ0n) is 26.1. The molecule has 0 aliphatic carbocycles. The average Bonchev–Trinajstić information content (AvgIpc) is 3.48. The minimum atomic E-state index is -1.63. The molecule has 1 fully saturated rings. The molecule has 50 heavy (non-hydrogen) atoms. The Morgan fingerprint density at radius 1 is 0.680 bits per heavy atom. The molecule has 0 spiro atoms. The summed E-state index contributed by atoms with van der Waals surface area (Å²) in [6, 6.07) is 31.7. The lowest BCUT2D eigenvalue weighted by molar-refractivity contribution is -0.0642. The molecule has 0 radical (unpaired) electrons. The molecule has 5 aromatic rings. The number of hydrogen-bond donors (Lipinski definition) is 1. The van der Waals surface area contributed by atoms with E-state index in [0.717, 1.165) is 6.20 Å². The second-order valence-electron chi connectivity index (χ2n) is 10.9. The fourth-order valence-corrected chi connectivity index (χ4v) is 5.17. The number of nitrogens with one attached hydrogen (secondary N) is 1. The number of hydrogen-bond acceptors (Lipinski definition) is 10. The van der Waals surface area contributed by atoms with Gasteiger partial charge in [-0.2, -0.15) is 4.98 Å². The molecule has 1 N–H and O–H groups in total. The molecule has 0 bridgehead atoms. The second kappa shape index (κ2) is 15.2. The van der Waals surface area contributed by atoms with Crippen molar-refractivity contribution >= 4 is 29.6 Å². The van der Waals surface area contributed by atoms with Crippen molar-refractivity contribution in [3.05, 3.63) is 166 Å². The Morgan fingerprint density at radius 2 is 1.14 bits per heavy atom. The highest BCUT2D eigenvalue weighted by molar-refractivity contribution is 6.03. The molecule has 1 amide bonds. The Labute approximate surface area is 284 Å². The van der Waals surface area contributed by atoms with Gasteiger partial charge in [0.25, 0.3) is 5.91 Å². The Morgan fingerprint density at radius 3 is 1.66 bits per heavy atom. The van der Waals surface area contributed by atoms with Crippen LogP contribution in [0.15, 0.2) is 132 Å². The van der Waals surface area contributed by atoms with Crippen molar-refractivity contribution in [3.63, 3.8) is 0 Å². The molecular weight excluding hydrogens is 649 g/mol. The van der Waals surface area contributed by atoms with Crippen LogP contribution in [-0.2, 0) is 18.9 Å². The zero-order chi connectivity index (χ0) is 35.0. The van der Waals surface area contributed by atoms with Gasteiger partial charge in [-0.25, -0.2) is 23.6 Å². The smallest absolute Gasteiger partial charge is 0.351 e. The van der Waals surface area contributed by atoms with E-state index in [1.165, 1.54) is 48.5 Å². The first kappa shape index (κ1) is 33.4. The first-order chi connectivity index (χ1) is 24.3. The number of nitrogens with zero attached hydrogens (tertiary/aromatic N) is 2. The summed E-state index contributed by atoms with van der Waals surface area (Å²) in [5, 5.41) is 2.27. The maximum Gasteiger partial charge on any atom is 0.351 e. The number of halogens is 1. The van der Waals surface area contributed by atoms with E-state index in [1.807, 2.05) is 0 Å². The van der Waals surface area contributed by atoms with E-state index in [1.54, 1.807) is 72.8 Å². The number of rotatable bonds is 10. The van der Waals surface area contributed by atoms with Crippen molar-refractivity contribution in [2.75, 3.05) is 11.9 Å². The van der Waals surface area contributed by atoms with Crippen LogP contribution in [0.1, 0.15) is 47.7 Å². The van der Waals surface area contributed by atoms with E-state index in [-0.39, 0.29) is 22.3 Å². The first-order valence-electron chi connectivity index (χ1n) is 15.3. The van der Waals surface area contributed by atoms with E-state index in [4.69, 9.17) is 18.9 Å². The van der Waals surface area contributed by atoms with Gasteiger partial charge >= 0.3 is 23.6 Å². The van der Waals surface area contributed by atoms with Crippen LogP contribution in [0, 0.1) is 5.82 Å². The molecule has 0 saturated carbocycles. The Balaban J connectivity index is 1.35. The van der Waals surface area contributed by atoms with Crippen LogP contribution in [0.5, 0.6) is 0 Å². The number of benzene rings is 4. The quantitative estimate of drug-likeness (QED) is 0.161. The van der Waals surface area contributed by atoms with Gasteiger partial charge in [-0.15, -0.1) is 0 Å². The van der Waals surface area contributed by atoms with E-state index < -0.39 is 72.3 Å². The SMILES string of the molecule is O=C(Nc1nc(=O)n([C@@H]2O[C@H](COC(=O)c3ccccc3)[C@H](OC(=O)c3ccccc3)[C@H]2OC(=O)c2ccccc2)cc1F)c1ccccc1. The minimum absolute atomic E-state index is 0.119. The molecule has 252 valence electrons. The normalized spacial score (nSPS) is 18.1. The number of carbonyl (C=O) groups excluding carboxylic acids is 4. The highest BCUT2D eigenvalue weighted by Crippen LogP contribution is 2.35. The third kappa shape index (κ3) is 7.63. The van der Waals surface area contributed by atoms with Gasteiger partial charge in [-0.1, -0.05) is 72.8 Å². The van der Waals surface area contributed by atoms with Gasteiger partial charge in [0.15, 0.2) is 30.1 Å². The number of ether oxygens (including phenoxy) is 4. The van der Waals surface area contributed by atoms with E-state index in [9.17, 15) is 24.0 Å². The summed E-state index contributed by atoms with van der Waals surface area (Å²) in [7, 11) is 0. The largest absolute Gasteiger partial charge is 0.459 e. The number of amides is 1. The van der Waals surface area contributed by atoms with E-state index in [2.05, 4.69) is 10.3 Å². The number of anilines is 1. The predicted molar refractivity (Wildman–Crippen MR) is 175 cm³/mol. The highest BCUT2D eigenvalue weighted by Gasteiger charge is 2.52. The van der Waals surface area contributed by atoms with Crippen molar-refractivity contribution in [3.8, 4) is 0 Å². The van der Waals surface area contributed by atoms with Crippen LogP contribution in [0.2, 0.25) is 0 Å². The summed E-state index contributed by atoms with van der Waals surface area (Å²) >= 11 is 0. The van der Waals surface area contributed by atoms with Crippen LogP contribution < -0.4 is 11.0 Å². The fourth-order valence-electron chi connectivity index (χ4n) is 5.17. The molecule has 12 nitrogen and oxygen atoms in total. The molecule has 13 heteroatoms. The van der Waals surface area contributed by atoms with Crippen molar-refractivity contribution in [2.24, 2.45) is 0 Å². The molecule has 1 aliphatic heterocycles. The lowest BCUT2D eigenvalue weighted by Crippen LogP contribution is -2.42. The number of esters is 3. The van der Waals surface area contributed by atoms with Gasteiger partial charge in [0.2, 0.25) is 0 Å². The lowest BCUT2D eigenvalue weighted by Gasteiger charge is -2.25. The van der Waals surface area contributed by atoms with Crippen LogP contribution in [0.3, 0.4) is 0 Å². The molecule has 1 saturated heterocycles.